The van der Waals surface area contributed by atoms with Crippen LogP contribution in [0.2, 0.25) is 0 Å². The third-order valence-electron chi connectivity index (χ3n) is 3.82. The molecule has 132 valence electrons. The van der Waals surface area contributed by atoms with Gasteiger partial charge in [0.25, 0.3) is 0 Å². The molecule has 0 aliphatic rings. The van der Waals surface area contributed by atoms with E-state index >= 15 is 0 Å². The first-order valence-corrected chi connectivity index (χ1v) is 9.19. The third-order valence-corrected chi connectivity index (χ3v) is 5.66. The van der Waals surface area contributed by atoms with Gasteiger partial charge in [-0.3, -0.25) is 0 Å². The third kappa shape index (κ3) is 3.65. The molecule has 0 aromatic heterocycles. The Morgan fingerprint density at radius 1 is 0.846 bits per heavy atom. The fourth-order valence-corrected chi connectivity index (χ4v) is 3.82. The first kappa shape index (κ1) is 17.8. The van der Waals surface area contributed by atoms with Crippen molar-refractivity contribution in [2.24, 2.45) is 0 Å². The zero-order chi connectivity index (χ0) is 18.7. The SMILES string of the molecule is Nc1ccccc1S(=O)(=O)c1ccc(C=Cc2ccc(F)cc2F)cc1. The molecule has 0 bridgehead atoms. The number of halogens is 2. The summed E-state index contributed by atoms with van der Waals surface area (Å²) in [5, 5.41) is 0. The first-order valence-electron chi connectivity index (χ1n) is 7.71. The van der Waals surface area contributed by atoms with Gasteiger partial charge in [0.05, 0.1) is 15.5 Å². The van der Waals surface area contributed by atoms with E-state index in [1.54, 1.807) is 30.3 Å². The second kappa shape index (κ2) is 7.09. The Balaban J connectivity index is 1.87. The molecule has 3 nitrogen and oxygen atoms in total. The topological polar surface area (TPSA) is 60.2 Å². The quantitative estimate of drug-likeness (QED) is 0.541. The van der Waals surface area contributed by atoms with Crippen LogP contribution in [0, 0.1) is 11.6 Å². The standard InChI is InChI=1S/C20H15F2NO2S/c21-16-10-9-15(18(22)13-16)8-5-14-6-11-17(12-7-14)26(24,25)20-4-2-1-3-19(20)23/h1-13H,23H2. The highest BCUT2D eigenvalue weighted by Gasteiger charge is 2.19. The summed E-state index contributed by atoms with van der Waals surface area (Å²) in [6.45, 7) is 0. The molecule has 0 heterocycles. The summed E-state index contributed by atoms with van der Waals surface area (Å²) in [5.74, 6) is -1.31. The lowest BCUT2D eigenvalue weighted by molar-refractivity contribution is 0.581. The molecule has 3 aromatic carbocycles. The van der Waals surface area contributed by atoms with Crippen molar-refractivity contribution in [1.82, 2.24) is 0 Å². The maximum absolute atomic E-state index is 13.6. The molecule has 0 spiro atoms. The molecular weight excluding hydrogens is 356 g/mol. The molecule has 0 radical (unpaired) electrons. The van der Waals surface area contributed by atoms with Crippen molar-refractivity contribution in [2.75, 3.05) is 5.73 Å². The second-order valence-corrected chi connectivity index (χ2v) is 7.53. The highest BCUT2D eigenvalue weighted by molar-refractivity contribution is 7.91. The molecule has 0 unspecified atom stereocenters. The van der Waals surface area contributed by atoms with Crippen LogP contribution >= 0.6 is 0 Å². The van der Waals surface area contributed by atoms with Gasteiger partial charge in [-0.25, -0.2) is 17.2 Å². The Kier molecular flexibility index (Phi) is 4.86. The molecule has 0 aliphatic heterocycles. The van der Waals surface area contributed by atoms with E-state index in [0.717, 1.165) is 6.07 Å². The van der Waals surface area contributed by atoms with E-state index in [4.69, 9.17) is 5.73 Å². The Bertz CT molecular complexity index is 1080. The van der Waals surface area contributed by atoms with E-state index in [1.807, 2.05) is 0 Å². The predicted molar refractivity (Wildman–Crippen MR) is 98.0 cm³/mol. The van der Waals surface area contributed by atoms with Crippen molar-refractivity contribution in [3.63, 3.8) is 0 Å². The van der Waals surface area contributed by atoms with Crippen LogP contribution in [0.5, 0.6) is 0 Å². The Morgan fingerprint density at radius 3 is 2.19 bits per heavy atom. The number of rotatable bonds is 4. The van der Waals surface area contributed by atoms with Gasteiger partial charge in [-0.2, -0.15) is 0 Å². The monoisotopic (exact) mass is 371 g/mol. The number of benzene rings is 3. The summed E-state index contributed by atoms with van der Waals surface area (Å²) >= 11 is 0. The lowest BCUT2D eigenvalue weighted by Crippen LogP contribution is -2.05. The van der Waals surface area contributed by atoms with Gasteiger partial charge in [-0.15, -0.1) is 0 Å². The number of nitrogen functional groups attached to an aromatic ring is 1. The summed E-state index contributed by atoms with van der Waals surface area (Å²) in [4.78, 5) is 0.164. The molecule has 0 amide bonds. The van der Waals surface area contributed by atoms with Gasteiger partial charge in [-0.1, -0.05) is 36.4 Å². The smallest absolute Gasteiger partial charge is 0.208 e. The number of nitrogens with two attached hydrogens (primary N) is 1. The minimum Gasteiger partial charge on any atom is -0.398 e. The van der Waals surface area contributed by atoms with Crippen LogP contribution in [-0.2, 0) is 9.84 Å². The fourth-order valence-electron chi connectivity index (χ4n) is 2.43. The van der Waals surface area contributed by atoms with E-state index in [-0.39, 0.29) is 21.0 Å². The Morgan fingerprint density at radius 2 is 1.54 bits per heavy atom. The van der Waals surface area contributed by atoms with E-state index in [1.165, 1.54) is 42.5 Å². The van der Waals surface area contributed by atoms with Gasteiger partial charge >= 0.3 is 0 Å². The number of anilines is 1. The van der Waals surface area contributed by atoms with Gasteiger partial charge in [0.15, 0.2) is 0 Å². The molecular formula is C20H15F2NO2S. The van der Waals surface area contributed by atoms with Crippen LogP contribution in [-0.4, -0.2) is 8.42 Å². The lowest BCUT2D eigenvalue weighted by atomic mass is 10.1. The Hall–Kier alpha value is -2.99. The highest BCUT2D eigenvalue weighted by Crippen LogP contribution is 2.26. The van der Waals surface area contributed by atoms with E-state index in [2.05, 4.69) is 0 Å². The second-order valence-electron chi connectivity index (χ2n) is 5.61. The fraction of sp³-hybridized carbons (Fsp3) is 0. The van der Waals surface area contributed by atoms with Crippen LogP contribution in [0.15, 0.2) is 76.5 Å². The summed E-state index contributed by atoms with van der Waals surface area (Å²) in [6.07, 6.45) is 3.11. The van der Waals surface area contributed by atoms with Crippen LogP contribution in [0.3, 0.4) is 0 Å². The van der Waals surface area contributed by atoms with Crippen LogP contribution in [0.4, 0.5) is 14.5 Å². The van der Waals surface area contributed by atoms with E-state index in [9.17, 15) is 17.2 Å². The molecule has 3 rings (SSSR count). The maximum Gasteiger partial charge on any atom is 0.208 e. The average Bonchev–Trinajstić information content (AvgIpc) is 2.61. The Labute approximate surface area is 150 Å². The molecule has 3 aromatic rings. The molecule has 0 saturated heterocycles. The molecule has 0 atom stereocenters. The minimum absolute atomic E-state index is 0.0525. The van der Waals surface area contributed by atoms with Gasteiger partial charge in [0, 0.05) is 11.6 Å². The summed E-state index contributed by atoms with van der Waals surface area (Å²) < 4.78 is 51.8. The molecule has 0 saturated carbocycles. The normalized spacial score (nSPS) is 11.8. The minimum atomic E-state index is -3.72. The van der Waals surface area contributed by atoms with Crippen LogP contribution in [0.1, 0.15) is 11.1 Å². The van der Waals surface area contributed by atoms with Gasteiger partial charge in [0.2, 0.25) is 9.84 Å². The zero-order valence-electron chi connectivity index (χ0n) is 13.6. The highest BCUT2D eigenvalue weighted by atomic mass is 32.2. The van der Waals surface area contributed by atoms with Gasteiger partial charge in [0.1, 0.15) is 11.6 Å². The van der Waals surface area contributed by atoms with Crippen LogP contribution in [0.25, 0.3) is 12.2 Å². The van der Waals surface area contributed by atoms with E-state index < -0.39 is 21.5 Å². The zero-order valence-corrected chi connectivity index (χ0v) is 14.4. The number of para-hydroxylation sites is 1. The van der Waals surface area contributed by atoms with Crippen molar-refractivity contribution in [3.05, 3.63) is 89.5 Å². The van der Waals surface area contributed by atoms with Crippen molar-refractivity contribution < 1.29 is 17.2 Å². The van der Waals surface area contributed by atoms with Gasteiger partial charge < -0.3 is 5.73 Å². The van der Waals surface area contributed by atoms with Crippen molar-refractivity contribution in [3.8, 4) is 0 Å². The summed E-state index contributed by atoms with van der Waals surface area (Å²) in [7, 11) is -3.72. The van der Waals surface area contributed by atoms with Crippen molar-refractivity contribution in [2.45, 2.75) is 9.79 Å². The maximum atomic E-state index is 13.6. The predicted octanol–water partition coefficient (Wildman–Crippen LogP) is 4.55. The summed E-state index contributed by atoms with van der Waals surface area (Å²) in [5.41, 5.74) is 6.85. The average molecular weight is 371 g/mol. The van der Waals surface area contributed by atoms with Gasteiger partial charge in [-0.05, 0) is 42.0 Å². The molecule has 0 fully saturated rings. The van der Waals surface area contributed by atoms with Crippen LogP contribution < -0.4 is 5.73 Å². The number of hydrogen-bond donors (Lipinski definition) is 1. The largest absolute Gasteiger partial charge is 0.398 e. The molecule has 26 heavy (non-hydrogen) atoms. The summed E-state index contributed by atoms with van der Waals surface area (Å²) in [6, 6.07) is 15.7. The molecule has 6 heteroatoms. The van der Waals surface area contributed by atoms with Crippen molar-refractivity contribution in [1.29, 1.82) is 0 Å². The lowest BCUT2D eigenvalue weighted by Gasteiger charge is -2.07. The number of hydrogen-bond acceptors (Lipinski definition) is 3. The van der Waals surface area contributed by atoms with Crippen molar-refractivity contribution >= 4 is 27.7 Å². The number of sulfone groups is 1. The molecule has 2 N–H and O–H groups in total. The first-order chi connectivity index (χ1) is 12.4. The van der Waals surface area contributed by atoms with E-state index in [0.29, 0.717) is 5.56 Å². The molecule has 0 aliphatic carbocycles.